The number of aromatic nitrogens is 4. The van der Waals surface area contributed by atoms with E-state index in [0.717, 1.165) is 22.9 Å². The van der Waals surface area contributed by atoms with Gasteiger partial charge in [-0.3, -0.25) is 9.30 Å². The fraction of sp³-hybridized carbons (Fsp3) is 0.400. The highest BCUT2D eigenvalue weighted by Gasteiger charge is 2.48. The van der Waals surface area contributed by atoms with Gasteiger partial charge < -0.3 is 10.5 Å². The first-order valence-corrected chi connectivity index (χ1v) is 11.5. The van der Waals surface area contributed by atoms with Gasteiger partial charge in [-0.1, -0.05) is 24.3 Å². The van der Waals surface area contributed by atoms with Crippen molar-refractivity contribution in [2.24, 2.45) is 5.73 Å². The third-order valence-electron chi connectivity index (χ3n) is 6.53. The Balaban J connectivity index is 0.00000190. The minimum absolute atomic E-state index is 0. The fourth-order valence-electron chi connectivity index (χ4n) is 4.75. The first-order valence-electron chi connectivity index (χ1n) is 11.5. The SMILES string of the molecule is COCCc1ccc2ccc(-c3nnc4ccc([C@H](N5CC[C@](C)(N)C5)C(F)(F)F)cn34)nc2c1.Cl.Cl. The van der Waals surface area contributed by atoms with Crippen molar-refractivity contribution < 1.29 is 17.9 Å². The number of alkyl halides is 3. The summed E-state index contributed by atoms with van der Waals surface area (Å²) in [4.78, 5) is 6.15. The average molecular weight is 557 g/mol. The number of hydrogen-bond acceptors (Lipinski definition) is 6. The number of nitrogens with zero attached hydrogens (tertiary/aromatic N) is 5. The Hall–Kier alpha value is -2.50. The standard InChI is InChI=1S/C25H27F3N6O.2ClH/c1-24(29)10-11-33(15-24)22(25(26,27)28)18-6-8-21-31-32-23(34(21)14-18)19-7-5-17-4-3-16(9-12-35-2)13-20(17)30-19;;/h3-8,13-14,22H,9-12,15,29H2,1-2H3;2*1H/t22-,24-;;/m0../s1. The Morgan fingerprint density at radius 2 is 1.86 bits per heavy atom. The summed E-state index contributed by atoms with van der Waals surface area (Å²) in [5.74, 6) is 0.386. The van der Waals surface area contributed by atoms with Gasteiger partial charge in [-0.15, -0.1) is 35.0 Å². The van der Waals surface area contributed by atoms with Crippen LogP contribution < -0.4 is 5.73 Å². The van der Waals surface area contributed by atoms with Gasteiger partial charge in [0.05, 0.1) is 12.1 Å². The van der Waals surface area contributed by atoms with Crippen LogP contribution in [0, 0.1) is 0 Å². The summed E-state index contributed by atoms with van der Waals surface area (Å²) in [5.41, 5.74) is 8.45. The molecule has 1 aliphatic rings. The van der Waals surface area contributed by atoms with Gasteiger partial charge in [0.2, 0.25) is 0 Å². The van der Waals surface area contributed by atoms with E-state index >= 15 is 0 Å². The molecule has 1 aromatic carbocycles. The average Bonchev–Trinajstić information content (AvgIpc) is 3.38. The third kappa shape index (κ3) is 5.99. The van der Waals surface area contributed by atoms with E-state index in [1.165, 1.54) is 17.2 Å². The zero-order valence-electron chi connectivity index (χ0n) is 20.4. The molecule has 0 unspecified atom stereocenters. The lowest BCUT2D eigenvalue weighted by molar-refractivity contribution is -0.184. The largest absolute Gasteiger partial charge is 0.408 e. The molecule has 2 atom stereocenters. The van der Waals surface area contributed by atoms with Crippen LogP contribution in [0.5, 0.6) is 0 Å². The van der Waals surface area contributed by atoms with Crippen molar-refractivity contribution in [2.75, 3.05) is 26.8 Å². The summed E-state index contributed by atoms with van der Waals surface area (Å²) in [7, 11) is 1.66. The Labute approximate surface area is 225 Å². The molecule has 0 saturated carbocycles. The van der Waals surface area contributed by atoms with E-state index in [2.05, 4.69) is 10.2 Å². The van der Waals surface area contributed by atoms with E-state index in [0.29, 0.717) is 30.2 Å². The molecule has 0 bridgehead atoms. The van der Waals surface area contributed by atoms with Crippen LogP contribution in [0.3, 0.4) is 0 Å². The fourth-order valence-corrected chi connectivity index (χ4v) is 4.75. The summed E-state index contributed by atoms with van der Waals surface area (Å²) in [5, 5.41) is 9.36. The van der Waals surface area contributed by atoms with Gasteiger partial charge in [0.15, 0.2) is 11.5 Å². The summed E-state index contributed by atoms with van der Waals surface area (Å²) in [6.07, 6.45) is -1.72. The van der Waals surface area contributed by atoms with E-state index in [4.69, 9.17) is 15.5 Å². The number of halogens is 5. The number of nitrogens with two attached hydrogens (primary N) is 1. The van der Waals surface area contributed by atoms with Gasteiger partial charge in [0.25, 0.3) is 0 Å². The predicted molar refractivity (Wildman–Crippen MR) is 141 cm³/mol. The van der Waals surface area contributed by atoms with Crippen molar-refractivity contribution in [1.82, 2.24) is 24.5 Å². The van der Waals surface area contributed by atoms with Crippen LogP contribution in [0.2, 0.25) is 0 Å². The molecule has 0 aliphatic carbocycles. The molecule has 1 saturated heterocycles. The molecule has 2 N–H and O–H groups in total. The molecule has 37 heavy (non-hydrogen) atoms. The molecule has 5 rings (SSSR count). The van der Waals surface area contributed by atoms with Gasteiger partial charge in [0, 0.05) is 37.3 Å². The Morgan fingerprint density at radius 1 is 1.11 bits per heavy atom. The van der Waals surface area contributed by atoms with Crippen LogP contribution in [-0.4, -0.2) is 63.0 Å². The quantitative estimate of drug-likeness (QED) is 0.359. The highest BCUT2D eigenvalue weighted by molar-refractivity contribution is 5.85. The van der Waals surface area contributed by atoms with E-state index in [1.807, 2.05) is 30.3 Å². The molecule has 1 fully saturated rings. The molecular weight excluding hydrogens is 528 g/mol. The van der Waals surface area contributed by atoms with Gasteiger partial charge in [0.1, 0.15) is 11.7 Å². The van der Waals surface area contributed by atoms with Crippen molar-refractivity contribution in [3.63, 3.8) is 0 Å². The maximum absolute atomic E-state index is 14.2. The number of hydrogen-bond donors (Lipinski definition) is 1. The third-order valence-corrected chi connectivity index (χ3v) is 6.53. The van der Waals surface area contributed by atoms with Crippen molar-refractivity contribution in [3.8, 4) is 11.5 Å². The molecule has 3 aromatic heterocycles. The predicted octanol–water partition coefficient (Wildman–Crippen LogP) is 5.00. The van der Waals surface area contributed by atoms with Crippen LogP contribution in [0.15, 0.2) is 48.7 Å². The van der Waals surface area contributed by atoms with Crippen molar-refractivity contribution in [1.29, 1.82) is 0 Å². The number of methoxy groups -OCH3 is 1. The van der Waals surface area contributed by atoms with Crippen molar-refractivity contribution >= 4 is 41.4 Å². The molecule has 1 aliphatic heterocycles. The number of benzene rings is 1. The highest BCUT2D eigenvalue weighted by atomic mass is 35.5. The molecule has 0 spiro atoms. The maximum Gasteiger partial charge on any atom is 0.408 e. The molecule has 12 heteroatoms. The lowest BCUT2D eigenvalue weighted by atomic mass is 10.0. The second kappa shape index (κ2) is 11.1. The molecule has 200 valence electrons. The monoisotopic (exact) mass is 556 g/mol. The van der Waals surface area contributed by atoms with E-state index < -0.39 is 17.8 Å². The number of pyridine rings is 2. The highest BCUT2D eigenvalue weighted by Crippen LogP contribution is 2.41. The number of likely N-dealkylation sites (tertiary alicyclic amines) is 1. The molecule has 0 amide bonds. The minimum atomic E-state index is -4.46. The summed E-state index contributed by atoms with van der Waals surface area (Å²) >= 11 is 0. The minimum Gasteiger partial charge on any atom is -0.384 e. The Morgan fingerprint density at radius 3 is 2.54 bits per heavy atom. The van der Waals surface area contributed by atoms with Crippen molar-refractivity contribution in [3.05, 3.63) is 59.8 Å². The topological polar surface area (TPSA) is 81.6 Å². The smallest absolute Gasteiger partial charge is 0.384 e. The van der Waals surface area contributed by atoms with Crippen LogP contribution in [0.25, 0.3) is 28.1 Å². The van der Waals surface area contributed by atoms with Crippen LogP contribution in [0.4, 0.5) is 13.2 Å². The van der Waals surface area contributed by atoms with Gasteiger partial charge in [-0.05, 0) is 49.1 Å². The number of fused-ring (bicyclic) bond motifs is 2. The Bertz CT molecular complexity index is 1380. The van der Waals surface area contributed by atoms with E-state index in [-0.39, 0.29) is 43.5 Å². The Kier molecular flexibility index (Phi) is 8.71. The second-order valence-corrected chi connectivity index (χ2v) is 9.50. The van der Waals surface area contributed by atoms with Crippen molar-refractivity contribution in [2.45, 2.75) is 37.5 Å². The molecular formula is C25H29Cl2F3N6O. The lowest BCUT2D eigenvalue weighted by Gasteiger charge is -2.31. The normalized spacial score (nSPS) is 19.1. The van der Waals surface area contributed by atoms with Gasteiger partial charge >= 0.3 is 6.18 Å². The molecule has 4 heterocycles. The number of ether oxygens (including phenoxy) is 1. The maximum atomic E-state index is 14.2. The van der Waals surface area contributed by atoms with Crippen LogP contribution >= 0.6 is 24.8 Å². The lowest BCUT2D eigenvalue weighted by Crippen LogP contribution is -2.43. The van der Waals surface area contributed by atoms with E-state index in [1.54, 1.807) is 24.5 Å². The molecule has 0 radical (unpaired) electrons. The molecule has 4 aromatic rings. The summed E-state index contributed by atoms with van der Waals surface area (Å²) in [6.45, 7) is 2.83. The summed E-state index contributed by atoms with van der Waals surface area (Å²) < 4.78 is 49.4. The first-order chi connectivity index (χ1) is 16.6. The first kappa shape index (κ1) is 29.1. The summed E-state index contributed by atoms with van der Waals surface area (Å²) in [6, 6.07) is 11.0. The van der Waals surface area contributed by atoms with Gasteiger partial charge in [-0.25, -0.2) is 4.98 Å². The molecule has 7 nitrogen and oxygen atoms in total. The second-order valence-electron chi connectivity index (χ2n) is 9.50. The zero-order valence-corrected chi connectivity index (χ0v) is 22.0. The van der Waals surface area contributed by atoms with E-state index in [9.17, 15) is 13.2 Å². The van der Waals surface area contributed by atoms with Crippen LogP contribution in [0.1, 0.15) is 30.5 Å². The zero-order chi connectivity index (χ0) is 24.8. The van der Waals surface area contributed by atoms with Crippen LogP contribution in [-0.2, 0) is 11.2 Å². The van der Waals surface area contributed by atoms with Gasteiger partial charge in [-0.2, -0.15) is 13.2 Å². The number of rotatable bonds is 6.